The summed E-state index contributed by atoms with van der Waals surface area (Å²) >= 11 is 1.84. The summed E-state index contributed by atoms with van der Waals surface area (Å²) in [6.45, 7) is 4.89. The first kappa shape index (κ1) is 12.7. The van der Waals surface area contributed by atoms with Gasteiger partial charge in [0.15, 0.2) is 0 Å². The van der Waals surface area contributed by atoms with Gasteiger partial charge in [-0.15, -0.1) is 11.3 Å². The van der Waals surface area contributed by atoms with Gasteiger partial charge < -0.3 is 4.74 Å². The topological polar surface area (TPSA) is 9.23 Å². The number of methoxy groups -OCH3 is 1. The number of rotatable bonds is 5. The van der Waals surface area contributed by atoms with Crippen molar-refractivity contribution >= 4 is 11.3 Å². The molecule has 2 heteroatoms. The number of unbranched alkanes of at least 4 members (excludes halogenated alkanes) is 1. The second kappa shape index (κ2) is 9.75. The van der Waals surface area contributed by atoms with Gasteiger partial charge in [0, 0.05) is 18.6 Å². The summed E-state index contributed by atoms with van der Waals surface area (Å²) in [5, 5.41) is 2.13. The minimum atomic E-state index is 0.894. The Balaban J connectivity index is 0.000000671. The molecule has 0 saturated heterocycles. The van der Waals surface area contributed by atoms with Crippen LogP contribution >= 0.6 is 11.3 Å². The maximum Gasteiger partial charge on any atom is 0.0462 e. The van der Waals surface area contributed by atoms with Gasteiger partial charge in [0.05, 0.1) is 0 Å². The van der Waals surface area contributed by atoms with Crippen molar-refractivity contribution in [2.45, 2.75) is 33.1 Å². The SMILES string of the molecule is CC.COCCCCc1cccs1. The fraction of sp³-hybridized carbons (Fsp3) is 0.636. The molecule has 1 aromatic rings. The monoisotopic (exact) mass is 200 g/mol. The molecule has 1 nitrogen and oxygen atoms in total. The molecule has 0 aliphatic carbocycles. The number of hydrogen-bond donors (Lipinski definition) is 0. The van der Waals surface area contributed by atoms with Crippen LogP contribution in [0.5, 0.6) is 0 Å². The Labute approximate surface area is 85.7 Å². The summed E-state index contributed by atoms with van der Waals surface area (Å²) in [6.07, 6.45) is 3.63. The average Bonchev–Trinajstić information content (AvgIpc) is 2.68. The first-order valence-electron chi connectivity index (χ1n) is 4.95. The molecule has 0 aliphatic rings. The summed E-state index contributed by atoms with van der Waals surface area (Å²) in [5.74, 6) is 0. The van der Waals surface area contributed by atoms with Gasteiger partial charge in [-0.1, -0.05) is 19.9 Å². The first-order valence-corrected chi connectivity index (χ1v) is 5.83. The molecule has 0 saturated carbocycles. The normalized spacial score (nSPS) is 9.15. The highest BCUT2D eigenvalue weighted by Crippen LogP contribution is 2.11. The third-order valence-electron chi connectivity index (χ3n) is 1.60. The van der Waals surface area contributed by atoms with Crippen molar-refractivity contribution < 1.29 is 4.74 Å². The summed E-state index contributed by atoms with van der Waals surface area (Å²) in [7, 11) is 1.76. The summed E-state index contributed by atoms with van der Waals surface area (Å²) in [4.78, 5) is 1.49. The highest BCUT2D eigenvalue weighted by Gasteiger charge is 1.92. The molecule has 1 heterocycles. The zero-order chi connectivity index (χ0) is 9.94. The van der Waals surface area contributed by atoms with Gasteiger partial charge in [0.25, 0.3) is 0 Å². The van der Waals surface area contributed by atoms with Crippen LogP contribution in [0.3, 0.4) is 0 Å². The Hall–Kier alpha value is -0.340. The molecule has 0 fully saturated rings. The highest BCUT2D eigenvalue weighted by atomic mass is 32.1. The lowest BCUT2D eigenvalue weighted by atomic mass is 10.2. The van der Waals surface area contributed by atoms with Gasteiger partial charge in [-0.3, -0.25) is 0 Å². The van der Waals surface area contributed by atoms with Crippen LogP contribution in [0.15, 0.2) is 17.5 Å². The minimum absolute atomic E-state index is 0.894. The maximum atomic E-state index is 4.96. The molecule has 0 atom stereocenters. The van der Waals surface area contributed by atoms with Crippen LogP contribution in [0, 0.1) is 0 Å². The van der Waals surface area contributed by atoms with Crippen LogP contribution in [-0.2, 0) is 11.2 Å². The molecule has 0 bridgehead atoms. The standard InChI is InChI=1S/C9H14OS.C2H6/c1-10-7-3-2-5-9-6-4-8-11-9;1-2/h4,6,8H,2-3,5,7H2,1H3;1-2H3. The van der Waals surface area contributed by atoms with Crippen molar-refractivity contribution in [3.8, 4) is 0 Å². The molecule has 0 aliphatic heterocycles. The second-order valence-corrected chi connectivity index (χ2v) is 3.56. The van der Waals surface area contributed by atoms with Gasteiger partial charge in [-0.25, -0.2) is 0 Å². The van der Waals surface area contributed by atoms with Crippen molar-refractivity contribution in [1.82, 2.24) is 0 Å². The third kappa shape index (κ3) is 6.79. The molecule has 1 aromatic heterocycles. The lowest BCUT2D eigenvalue weighted by Crippen LogP contribution is -1.89. The molecule has 76 valence electrons. The van der Waals surface area contributed by atoms with Crippen molar-refractivity contribution in [2.24, 2.45) is 0 Å². The van der Waals surface area contributed by atoms with E-state index in [2.05, 4.69) is 17.5 Å². The molecule has 0 unspecified atom stereocenters. The van der Waals surface area contributed by atoms with Gasteiger partial charge in [0.2, 0.25) is 0 Å². The van der Waals surface area contributed by atoms with E-state index >= 15 is 0 Å². The molecule has 0 spiro atoms. The summed E-state index contributed by atoms with van der Waals surface area (Å²) in [6, 6.07) is 4.30. The van der Waals surface area contributed by atoms with E-state index < -0.39 is 0 Å². The number of ether oxygens (including phenoxy) is 1. The van der Waals surface area contributed by atoms with Crippen LogP contribution in [0.2, 0.25) is 0 Å². The zero-order valence-corrected chi connectivity index (χ0v) is 9.69. The first-order chi connectivity index (χ1) is 6.43. The Kier molecular flexibility index (Phi) is 9.49. The number of hydrogen-bond acceptors (Lipinski definition) is 2. The van der Waals surface area contributed by atoms with E-state index in [0.717, 1.165) is 6.61 Å². The van der Waals surface area contributed by atoms with Crippen LogP contribution in [0.4, 0.5) is 0 Å². The highest BCUT2D eigenvalue weighted by molar-refractivity contribution is 7.09. The lowest BCUT2D eigenvalue weighted by Gasteiger charge is -1.96. The molecule has 0 amide bonds. The van der Waals surface area contributed by atoms with E-state index in [1.165, 1.54) is 24.1 Å². The smallest absolute Gasteiger partial charge is 0.0462 e. The third-order valence-corrected chi connectivity index (χ3v) is 2.54. The largest absolute Gasteiger partial charge is 0.385 e. The number of aryl methyl sites for hydroxylation is 1. The number of thiophene rings is 1. The Morgan fingerprint density at radius 1 is 1.31 bits per heavy atom. The van der Waals surface area contributed by atoms with Gasteiger partial charge in [-0.05, 0) is 30.7 Å². The average molecular weight is 200 g/mol. The molecular formula is C11H20OS. The quantitative estimate of drug-likeness (QED) is 0.658. The molecule has 0 N–H and O–H groups in total. The van der Waals surface area contributed by atoms with Gasteiger partial charge >= 0.3 is 0 Å². The summed E-state index contributed by atoms with van der Waals surface area (Å²) in [5.41, 5.74) is 0. The van der Waals surface area contributed by atoms with Crippen LogP contribution in [-0.4, -0.2) is 13.7 Å². The van der Waals surface area contributed by atoms with E-state index in [4.69, 9.17) is 4.74 Å². The molecule has 0 radical (unpaired) electrons. The van der Waals surface area contributed by atoms with E-state index in [9.17, 15) is 0 Å². The zero-order valence-electron chi connectivity index (χ0n) is 8.88. The van der Waals surface area contributed by atoms with Crippen LogP contribution < -0.4 is 0 Å². The Bertz CT molecular complexity index is 170. The molecule has 1 rings (SSSR count). The van der Waals surface area contributed by atoms with Gasteiger partial charge in [0.1, 0.15) is 0 Å². The lowest BCUT2D eigenvalue weighted by molar-refractivity contribution is 0.193. The predicted octanol–water partition coefficient (Wildman–Crippen LogP) is 3.74. The van der Waals surface area contributed by atoms with E-state index in [0.29, 0.717) is 0 Å². The summed E-state index contributed by atoms with van der Waals surface area (Å²) < 4.78 is 4.96. The fourth-order valence-electron chi connectivity index (χ4n) is 1.00. The Morgan fingerprint density at radius 3 is 2.62 bits per heavy atom. The van der Waals surface area contributed by atoms with E-state index in [1.54, 1.807) is 7.11 Å². The molecule has 13 heavy (non-hydrogen) atoms. The van der Waals surface area contributed by atoms with E-state index in [-0.39, 0.29) is 0 Å². The molecular weight excluding hydrogens is 180 g/mol. The predicted molar refractivity (Wildman–Crippen MR) is 60.5 cm³/mol. The van der Waals surface area contributed by atoms with Gasteiger partial charge in [-0.2, -0.15) is 0 Å². The van der Waals surface area contributed by atoms with Crippen LogP contribution in [0.1, 0.15) is 31.6 Å². The van der Waals surface area contributed by atoms with Crippen molar-refractivity contribution in [2.75, 3.05) is 13.7 Å². The second-order valence-electron chi connectivity index (χ2n) is 2.53. The fourth-order valence-corrected chi connectivity index (χ4v) is 1.75. The maximum absolute atomic E-state index is 4.96. The van der Waals surface area contributed by atoms with Crippen molar-refractivity contribution in [3.63, 3.8) is 0 Å². The van der Waals surface area contributed by atoms with Crippen LogP contribution in [0.25, 0.3) is 0 Å². The van der Waals surface area contributed by atoms with Crippen molar-refractivity contribution in [1.29, 1.82) is 0 Å². The van der Waals surface area contributed by atoms with Crippen molar-refractivity contribution in [3.05, 3.63) is 22.4 Å². The minimum Gasteiger partial charge on any atom is -0.385 e. The molecule has 0 aromatic carbocycles. The Morgan fingerprint density at radius 2 is 2.08 bits per heavy atom. The van der Waals surface area contributed by atoms with E-state index in [1.807, 2.05) is 25.2 Å².